The first-order valence-corrected chi connectivity index (χ1v) is 8.14. The third-order valence-electron chi connectivity index (χ3n) is 4.62. The van der Waals surface area contributed by atoms with Crippen molar-refractivity contribution < 1.29 is 4.42 Å². The summed E-state index contributed by atoms with van der Waals surface area (Å²) < 4.78 is 7.79. The lowest BCUT2D eigenvalue weighted by Crippen LogP contribution is -2.33. The highest BCUT2D eigenvalue weighted by atomic mass is 16.4. The Labute approximate surface area is 140 Å². The van der Waals surface area contributed by atoms with Crippen LogP contribution in [0.25, 0.3) is 11.5 Å². The molecule has 0 fully saturated rings. The van der Waals surface area contributed by atoms with Crippen LogP contribution in [-0.4, -0.2) is 36.6 Å². The summed E-state index contributed by atoms with van der Waals surface area (Å²) >= 11 is 0. The third-order valence-corrected chi connectivity index (χ3v) is 4.62. The van der Waals surface area contributed by atoms with Crippen LogP contribution in [0.5, 0.6) is 0 Å². The Bertz CT molecular complexity index is 868. The van der Waals surface area contributed by atoms with Crippen molar-refractivity contribution in [2.45, 2.75) is 32.9 Å². The van der Waals surface area contributed by atoms with Crippen molar-refractivity contribution in [2.24, 2.45) is 7.05 Å². The van der Waals surface area contributed by atoms with Crippen molar-refractivity contribution in [3.8, 4) is 11.5 Å². The van der Waals surface area contributed by atoms with Gasteiger partial charge >= 0.3 is 0 Å². The zero-order chi connectivity index (χ0) is 16.7. The molecule has 0 saturated heterocycles. The molecule has 0 spiro atoms. The topological polar surface area (TPSA) is 72.9 Å². The van der Waals surface area contributed by atoms with E-state index in [0.29, 0.717) is 11.8 Å². The molecular weight excluding hydrogens is 304 g/mol. The second-order valence-electron chi connectivity index (χ2n) is 6.32. The molecule has 124 valence electrons. The molecule has 3 aromatic rings. The number of aromatic nitrogens is 5. The largest absolute Gasteiger partial charge is 0.419 e. The number of rotatable bonds is 3. The molecule has 4 rings (SSSR count). The lowest BCUT2D eigenvalue weighted by Gasteiger charge is -2.29. The van der Waals surface area contributed by atoms with E-state index in [-0.39, 0.29) is 6.04 Å². The highest BCUT2D eigenvalue weighted by Crippen LogP contribution is 2.28. The van der Waals surface area contributed by atoms with Gasteiger partial charge in [0.2, 0.25) is 11.8 Å². The monoisotopic (exact) mass is 324 g/mol. The van der Waals surface area contributed by atoms with Gasteiger partial charge in [-0.3, -0.25) is 9.58 Å². The Morgan fingerprint density at radius 2 is 2.08 bits per heavy atom. The average Bonchev–Trinajstić information content (AvgIpc) is 3.21. The standard InChI is InChI=1S/C17H20N6O/c1-11-5-4-6-13(9-11)17-20-19-16(24-17)12(2)23-8-7-15-14(10-23)18-21-22(15)3/h4-6,9,12H,7-8,10H2,1-3H3/t12-/m0/s1. The number of benzene rings is 1. The average molecular weight is 324 g/mol. The Morgan fingerprint density at radius 1 is 1.21 bits per heavy atom. The number of hydrogen-bond donors (Lipinski definition) is 0. The molecule has 2 aromatic heterocycles. The summed E-state index contributed by atoms with van der Waals surface area (Å²) in [6, 6.07) is 8.13. The molecule has 0 unspecified atom stereocenters. The van der Waals surface area contributed by atoms with Crippen LogP contribution in [0.4, 0.5) is 0 Å². The molecular formula is C17H20N6O. The van der Waals surface area contributed by atoms with Crippen LogP contribution in [0.2, 0.25) is 0 Å². The Morgan fingerprint density at radius 3 is 2.92 bits per heavy atom. The van der Waals surface area contributed by atoms with Crippen molar-refractivity contribution in [3.63, 3.8) is 0 Å². The molecule has 0 amide bonds. The fourth-order valence-corrected chi connectivity index (χ4v) is 3.15. The summed E-state index contributed by atoms with van der Waals surface area (Å²) in [7, 11) is 1.94. The molecule has 1 aliphatic heterocycles. The van der Waals surface area contributed by atoms with Crippen LogP contribution in [0, 0.1) is 6.92 Å². The van der Waals surface area contributed by atoms with Gasteiger partial charge in [-0.25, -0.2) is 0 Å². The van der Waals surface area contributed by atoms with Crippen LogP contribution >= 0.6 is 0 Å². The van der Waals surface area contributed by atoms with Crippen molar-refractivity contribution in [1.29, 1.82) is 0 Å². The van der Waals surface area contributed by atoms with Crippen LogP contribution in [0.1, 0.15) is 35.8 Å². The Kier molecular flexibility index (Phi) is 3.65. The second-order valence-corrected chi connectivity index (χ2v) is 6.32. The molecule has 24 heavy (non-hydrogen) atoms. The molecule has 1 aliphatic rings. The third kappa shape index (κ3) is 2.60. The SMILES string of the molecule is Cc1cccc(-c2nnc([C@H](C)N3CCc4c(nnn4C)C3)o2)c1. The normalized spacial score (nSPS) is 16.1. The van der Waals surface area contributed by atoms with Gasteiger partial charge in [-0.1, -0.05) is 22.9 Å². The molecule has 7 heteroatoms. The summed E-state index contributed by atoms with van der Waals surface area (Å²) in [5.41, 5.74) is 4.38. The number of nitrogens with zero attached hydrogens (tertiary/aromatic N) is 6. The van der Waals surface area contributed by atoms with E-state index in [9.17, 15) is 0 Å². The van der Waals surface area contributed by atoms with Crippen LogP contribution in [0.3, 0.4) is 0 Å². The maximum absolute atomic E-state index is 5.93. The summed E-state index contributed by atoms with van der Waals surface area (Å²) in [6.45, 7) is 5.83. The predicted molar refractivity (Wildman–Crippen MR) is 88.0 cm³/mol. The van der Waals surface area contributed by atoms with Crippen molar-refractivity contribution in [2.75, 3.05) is 6.54 Å². The first kappa shape index (κ1) is 15.0. The Hall–Kier alpha value is -2.54. The smallest absolute Gasteiger partial charge is 0.247 e. The van der Waals surface area contributed by atoms with E-state index in [1.54, 1.807) is 0 Å². The van der Waals surface area contributed by atoms with Gasteiger partial charge in [-0.05, 0) is 26.0 Å². The predicted octanol–water partition coefficient (Wildman–Crippen LogP) is 2.29. The molecule has 0 saturated carbocycles. The molecule has 1 aromatic carbocycles. The van der Waals surface area contributed by atoms with Gasteiger partial charge in [0, 0.05) is 32.1 Å². The van der Waals surface area contributed by atoms with Gasteiger partial charge in [-0.15, -0.1) is 15.3 Å². The maximum Gasteiger partial charge on any atom is 0.247 e. The lowest BCUT2D eigenvalue weighted by molar-refractivity contribution is 0.164. The van der Waals surface area contributed by atoms with E-state index in [2.05, 4.69) is 51.4 Å². The summed E-state index contributed by atoms with van der Waals surface area (Å²) in [4.78, 5) is 2.30. The molecule has 1 atom stereocenters. The maximum atomic E-state index is 5.93. The fraction of sp³-hybridized carbons (Fsp3) is 0.412. The van der Waals surface area contributed by atoms with Crippen LogP contribution < -0.4 is 0 Å². The van der Waals surface area contributed by atoms with Crippen molar-refractivity contribution in [3.05, 3.63) is 47.1 Å². The molecule has 3 heterocycles. The highest BCUT2D eigenvalue weighted by Gasteiger charge is 2.28. The Balaban J connectivity index is 1.54. The van der Waals surface area contributed by atoms with Gasteiger partial charge in [0.05, 0.1) is 17.4 Å². The summed E-state index contributed by atoms with van der Waals surface area (Å²) in [5.74, 6) is 1.21. The highest BCUT2D eigenvalue weighted by molar-refractivity contribution is 5.53. The van der Waals surface area contributed by atoms with E-state index in [4.69, 9.17) is 4.42 Å². The van der Waals surface area contributed by atoms with Crippen LogP contribution in [-0.2, 0) is 20.0 Å². The number of aryl methyl sites for hydroxylation is 2. The number of fused-ring (bicyclic) bond motifs is 1. The molecule has 0 N–H and O–H groups in total. The first-order valence-electron chi connectivity index (χ1n) is 8.14. The molecule has 0 bridgehead atoms. The fourth-order valence-electron chi connectivity index (χ4n) is 3.15. The van der Waals surface area contributed by atoms with E-state index in [1.165, 1.54) is 11.3 Å². The van der Waals surface area contributed by atoms with E-state index >= 15 is 0 Å². The van der Waals surface area contributed by atoms with E-state index in [0.717, 1.165) is 30.8 Å². The second kappa shape index (κ2) is 5.83. The van der Waals surface area contributed by atoms with E-state index < -0.39 is 0 Å². The zero-order valence-electron chi connectivity index (χ0n) is 14.1. The first-order chi connectivity index (χ1) is 11.6. The van der Waals surface area contributed by atoms with Gasteiger partial charge in [-0.2, -0.15) is 0 Å². The minimum Gasteiger partial charge on any atom is -0.419 e. The van der Waals surface area contributed by atoms with Crippen LogP contribution in [0.15, 0.2) is 28.7 Å². The molecule has 7 nitrogen and oxygen atoms in total. The molecule has 0 aliphatic carbocycles. The minimum absolute atomic E-state index is 0.0474. The van der Waals surface area contributed by atoms with Gasteiger partial charge in [0.25, 0.3) is 0 Å². The van der Waals surface area contributed by atoms with Gasteiger partial charge in [0.15, 0.2) is 0 Å². The zero-order valence-corrected chi connectivity index (χ0v) is 14.1. The molecule has 0 radical (unpaired) electrons. The van der Waals surface area contributed by atoms with Gasteiger partial charge in [0.1, 0.15) is 0 Å². The van der Waals surface area contributed by atoms with Crippen molar-refractivity contribution in [1.82, 2.24) is 30.1 Å². The minimum atomic E-state index is 0.0474. The summed E-state index contributed by atoms with van der Waals surface area (Å²) in [5, 5.41) is 16.8. The van der Waals surface area contributed by atoms with Crippen molar-refractivity contribution >= 4 is 0 Å². The van der Waals surface area contributed by atoms with E-state index in [1.807, 2.05) is 23.9 Å². The quantitative estimate of drug-likeness (QED) is 0.736. The van der Waals surface area contributed by atoms with Gasteiger partial charge < -0.3 is 4.42 Å². The lowest BCUT2D eigenvalue weighted by atomic mass is 10.1. The number of hydrogen-bond acceptors (Lipinski definition) is 6. The summed E-state index contributed by atoms with van der Waals surface area (Å²) in [6.07, 6.45) is 0.933.